The molecule has 4 heteroatoms. The van der Waals surface area contributed by atoms with Crippen LogP contribution in [0.15, 0.2) is 78.9 Å². The van der Waals surface area contributed by atoms with Crippen molar-refractivity contribution in [1.29, 1.82) is 0 Å². The summed E-state index contributed by atoms with van der Waals surface area (Å²) in [6.07, 6.45) is 5.83. The summed E-state index contributed by atoms with van der Waals surface area (Å²) in [5, 5.41) is 4.53. The first-order valence-corrected chi connectivity index (χ1v) is 11.3. The maximum Gasteiger partial charge on any atom is 0.119 e. The van der Waals surface area contributed by atoms with Crippen LogP contribution in [0, 0.1) is 9.49 Å². The Hall–Kier alpha value is -1.98. The quantitative estimate of drug-likeness (QED) is 0.291. The van der Waals surface area contributed by atoms with Crippen molar-refractivity contribution < 1.29 is 4.74 Å². The average Bonchev–Trinajstić information content (AvgIpc) is 3.23. The van der Waals surface area contributed by atoms with Crippen molar-refractivity contribution in [3.05, 3.63) is 104 Å². The first-order chi connectivity index (χ1) is 14.2. The van der Waals surface area contributed by atoms with E-state index < -0.39 is 0 Å². The number of halogens is 2. The predicted octanol–water partition coefficient (Wildman–Crippen LogP) is 7.35. The molecule has 3 aromatic rings. The fourth-order valence-electron chi connectivity index (χ4n) is 4.44. The van der Waals surface area contributed by atoms with Gasteiger partial charge >= 0.3 is 0 Å². The summed E-state index contributed by atoms with van der Waals surface area (Å²) >= 11 is 8.63. The normalized spacial score (nSPS) is 21.9. The molecule has 1 aliphatic carbocycles. The fraction of sp³-hybridized carbons (Fsp3) is 0.200. The minimum atomic E-state index is 0.306. The highest BCUT2D eigenvalue weighted by Crippen LogP contribution is 2.50. The number of anilines is 1. The van der Waals surface area contributed by atoms with Gasteiger partial charge in [-0.15, -0.1) is 0 Å². The van der Waals surface area contributed by atoms with Gasteiger partial charge in [-0.05, 0) is 82.5 Å². The standard InChI is InChI=1S/C25H21ClINO/c26-23-7-2-1-4-17(23)15-29-19-11-8-16(9-12-19)25-21-6-3-5-20(21)22-14-18(27)10-13-24(22)28-25/h1-5,7-14,20-21,25,28H,6,15H2/t20-,21+,25+/m1/s1. The molecule has 146 valence electrons. The van der Waals surface area contributed by atoms with E-state index in [1.807, 2.05) is 24.3 Å². The van der Waals surface area contributed by atoms with Gasteiger partial charge in [-0.1, -0.05) is 54.1 Å². The van der Waals surface area contributed by atoms with E-state index in [2.05, 4.69) is 82.5 Å². The van der Waals surface area contributed by atoms with E-state index in [4.69, 9.17) is 16.3 Å². The minimum Gasteiger partial charge on any atom is -0.489 e. The average molecular weight is 514 g/mol. The predicted molar refractivity (Wildman–Crippen MR) is 128 cm³/mol. The molecular weight excluding hydrogens is 493 g/mol. The number of ether oxygens (including phenoxy) is 1. The topological polar surface area (TPSA) is 21.3 Å². The zero-order valence-corrected chi connectivity index (χ0v) is 18.7. The van der Waals surface area contributed by atoms with Crippen LogP contribution in [0.25, 0.3) is 0 Å². The molecule has 0 bridgehead atoms. The molecule has 0 fully saturated rings. The molecule has 0 unspecified atom stereocenters. The summed E-state index contributed by atoms with van der Waals surface area (Å²) in [5.41, 5.74) is 4.98. The second kappa shape index (κ2) is 8.04. The van der Waals surface area contributed by atoms with Gasteiger partial charge in [0.25, 0.3) is 0 Å². The molecule has 3 atom stereocenters. The number of benzene rings is 3. The zero-order chi connectivity index (χ0) is 19.8. The number of hydrogen-bond donors (Lipinski definition) is 1. The Kier molecular flexibility index (Phi) is 5.27. The number of rotatable bonds is 4. The molecule has 0 aromatic heterocycles. The van der Waals surface area contributed by atoms with Crippen molar-refractivity contribution in [2.75, 3.05) is 5.32 Å². The molecule has 1 N–H and O–H groups in total. The third-order valence-electron chi connectivity index (χ3n) is 5.92. The first-order valence-electron chi connectivity index (χ1n) is 9.88. The summed E-state index contributed by atoms with van der Waals surface area (Å²) < 4.78 is 7.25. The van der Waals surface area contributed by atoms with E-state index in [9.17, 15) is 0 Å². The van der Waals surface area contributed by atoms with Crippen molar-refractivity contribution in [3.63, 3.8) is 0 Å². The first kappa shape index (κ1) is 19.0. The van der Waals surface area contributed by atoms with Crippen LogP contribution in [-0.2, 0) is 6.61 Å². The lowest BCUT2D eigenvalue weighted by Gasteiger charge is -2.37. The Balaban J connectivity index is 1.35. The van der Waals surface area contributed by atoms with Gasteiger partial charge in [-0.3, -0.25) is 0 Å². The molecule has 1 aliphatic heterocycles. The molecule has 0 saturated carbocycles. The lowest BCUT2D eigenvalue weighted by molar-refractivity contribution is 0.306. The maximum absolute atomic E-state index is 6.23. The Morgan fingerprint density at radius 2 is 1.86 bits per heavy atom. The highest BCUT2D eigenvalue weighted by Gasteiger charge is 2.37. The van der Waals surface area contributed by atoms with E-state index in [0.717, 1.165) is 22.8 Å². The molecule has 1 heterocycles. The Labute approximate surface area is 190 Å². The number of allylic oxidation sites excluding steroid dienone is 2. The smallest absolute Gasteiger partial charge is 0.119 e. The highest BCUT2D eigenvalue weighted by atomic mass is 127. The van der Waals surface area contributed by atoms with E-state index in [1.165, 1.54) is 20.4 Å². The second-order valence-corrected chi connectivity index (χ2v) is 9.31. The molecule has 5 rings (SSSR count). The second-order valence-electron chi connectivity index (χ2n) is 7.66. The summed E-state index contributed by atoms with van der Waals surface area (Å²) in [5.74, 6) is 1.90. The van der Waals surface area contributed by atoms with Crippen LogP contribution in [0.4, 0.5) is 5.69 Å². The Morgan fingerprint density at radius 3 is 2.69 bits per heavy atom. The molecule has 0 amide bonds. The number of nitrogens with one attached hydrogen (secondary N) is 1. The molecular formula is C25H21ClINO. The van der Waals surface area contributed by atoms with Gasteiger partial charge in [0.05, 0.1) is 6.04 Å². The van der Waals surface area contributed by atoms with E-state index in [0.29, 0.717) is 24.5 Å². The lowest BCUT2D eigenvalue weighted by atomic mass is 9.77. The Morgan fingerprint density at radius 1 is 1.03 bits per heavy atom. The van der Waals surface area contributed by atoms with Crippen LogP contribution < -0.4 is 10.1 Å². The SMILES string of the molecule is Clc1ccccc1COc1ccc([C@@H]2Nc3ccc(I)cc3[C@@H]3C=CC[C@@H]32)cc1. The maximum atomic E-state index is 6.23. The van der Waals surface area contributed by atoms with Crippen LogP contribution in [0.3, 0.4) is 0 Å². The lowest BCUT2D eigenvalue weighted by Crippen LogP contribution is -2.29. The van der Waals surface area contributed by atoms with Crippen molar-refractivity contribution in [3.8, 4) is 5.75 Å². The van der Waals surface area contributed by atoms with Gasteiger partial charge < -0.3 is 10.1 Å². The van der Waals surface area contributed by atoms with Gasteiger partial charge in [0, 0.05) is 25.8 Å². The zero-order valence-electron chi connectivity index (χ0n) is 15.8. The van der Waals surface area contributed by atoms with Crippen LogP contribution in [-0.4, -0.2) is 0 Å². The van der Waals surface area contributed by atoms with Crippen LogP contribution in [0.2, 0.25) is 5.02 Å². The van der Waals surface area contributed by atoms with Crippen LogP contribution in [0.5, 0.6) is 5.75 Å². The van der Waals surface area contributed by atoms with E-state index in [1.54, 1.807) is 0 Å². The van der Waals surface area contributed by atoms with Crippen molar-refractivity contribution in [1.82, 2.24) is 0 Å². The van der Waals surface area contributed by atoms with Gasteiger partial charge in [0.2, 0.25) is 0 Å². The molecule has 2 nitrogen and oxygen atoms in total. The molecule has 0 saturated heterocycles. The summed E-state index contributed by atoms with van der Waals surface area (Å²) in [7, 11) is 0. The largest absolute Gasteiger partial charge is 0.489 e. The van der Waals surface area contributed by atoms with E-state index in [-0.39, 0.29) is 0 Å². The number of fused-ring (bicyclic) bond motifs is 3. The summed E-state index contributed by atoms with van der Waals surface area (Å²) in [6.45, 7) is 0.474. The van der Waals surface area contributed by atoms with E-state index >= 15 is 0 Å². The third kappa shape index (κ3) is 3.78. The van der Waals surface area contributed by atoms with Crippen molar-refractivity contribution >= 4 is 39.9 Å². The van der Waals surface area contributed by atoms with Crippen molar-refractivity contribution in [2.45, 2.75) is 25.0 Å². The molecule has 2 aliphatic rings. The van der Waals surface area contributed by atoms with Gasteiger partial charge in [-0.2, -0.15) is 0 Å². The van der Waals surface area contributed by atoms with Crippen molar-refractivity contribution in [2.24, 2.45) is 5.92 Å². The summed E-state index contributed by atoms with van der Waals surface area (Å²) in [6, 6.07) is 23.3. The number of hydrogen-bond acceptors (Lipinski definition) is 2. The summed E-state index contributed by atoms with van der Waals surface area (Å²) in [4.78, 5) is 0. The fourth-order valence-corrected chi connectivity index (χ4v) is 5.15. The van der Waals surface area contributed by atoms with Gasteiger partial charge in [0.15, 0.2) is 0 Å². The minimum absolute atomic E-state index is 0.306. The Bertz CT molecular complexity index is 1060. The van der Waals surface area contributed by atoms with Crippen LogP contribution in [0.1, 0.15) is 35.1 Å². The monoisotopic (exact) mass is 513 g/mol. The molecule has 0 spiro atoms. The third-order valence-corrected chi connectivity index (χ3v) is 6.96. The molecule has 0 radical (unpaired) electrons. The van der Waals surface area contributed by atoms with Gasteiger partial charge in [0.1, 0.15) is 12.4 Å². The highest BCUT2D eigenvalue weighted by molar-refractivity contribution is 14.1. The molecule has 3 aromatic carbocycles. The van der Waals surface area contributed by atoms with Crippen LogP contribution >= 0.6 is 34.2 Å². The van der Waals surface area contributed by atoms with Gasteiger partial charge in [-0.25, -0.2) is 0 Å². The molecule has 29 heavy (non-hydrogen) atoms.